The van der Waals surface area contributed by atoms with Crippen LogP contribution in [0.2, 0.25) is 0 Å². The van der Waals surface area contributed by atoms with Gasteiger partial charge in [0, 0.05) is 25.4 Å². The first kappa shape index (κ1) is 14.9. The second kappa shape index (κ2) is 7.32. The molecule has 2 fully saturated rings. The van der Waals surface area contributed by atoms with Gasteiger partial charge in [-0.15, -0.1) is 0 Å². The Labute approximate surface area is 127 Å². The van der Waals surface area contributed by atoms with Crippen molar-refractivity contribution in [2.45, 2.75) is 70.6 Å². The maximum Gasteiger partial charge on any atom is 0.157 e. The molecule has 2 aliphatic carbocycles. The average Bonchev–Trinajstić information content (AvgIpc) is 3.36. The van der Waals surface area contributed by atoms with Gasteiger partial charge >= 0.3 is 0 Å². The Morgan fingerprint density at radius 2 is 2.05 bits per heavy atom. The summed E-state index contributed by atoms with van der Waals surface area (Å²) in [5.74, 6) is 1.48. The molecule has 1 N–H and O–H groups in total. The van der Waals surface area contributed by atoms with Crippen molar-refractivity contribution in [1.29, 1.82) is 0 Å². The minimum atomic E-state index is 0.0798. The van der Waals surface area contributed by atoms with E-state index in [9.17, 15) is 0 Å². The van der Waals surface area contributed by atoms with Gasteiger partial charge in [-0.1, -0.05) is 19.3 Å². The molecule has 0 radical (unpaired) electrons. The van der Waals surface area contributed by atoms with Crippen LogP contribution in [0, 0.1) is 5.92 Å². The summed E-state index contributed by atoms with van der Waals surface area (Å²) in [5, 5.41) is 3.52. The molecule has 0 aliphatic heterocycles. The molecule has 1 heterocycles. The zero-order valence-electron chi connectivity index (χ0n) is 13.1. The van der Waals surface area contributed by atoms with Crippen LogP contribution in [-0.2, 0) is 11.3 Å². The minimum Gasteiger partial charge on any atom is -0.370 e. The topological polar surface area (TPSA) is 47.0 Å². The molecule has 0 spiro atoms. The normalized spacial score (nSPS) is 21.4. The highest BCUT2D eigenvalue weighted by Crippen LogP contribution is 2.35. The Morgan fingerprint density at radius 3 is 2.76 bits per heavy atom. The third kappa shape index (κ3) is 4.24. The van der Waals surface area contributed by atoms with E-state index in [1.807, 2.05) is 12.3 Å². The van der Waals surface area contributed by atoms with Crippen LogP contribution in [0.1, 0.15) is 69.5 Å². The predicted octanol–water partition coefficient (Wildman–Crippen LogP) is 3.39. The zero-order valence-corrected chi connectivity index (χ0v) is 13.1. The average molecular weight is 289 g/mol. The van der Waals surface area contributed by atoms with Crippen molar-refractivity contribution in [3.63, 3.8) is 0 Å². The fourth-order valence-electron chi connectivity index (χ4n) is 3.22. The summed E-state index contributed by atoms with van der Waals surface area (Å²) in [6.07, 6.45) is 11.1. The summed E-state index contributed by atoms with van der Waals surface area (Å²) >= 11 is 0. The van der Waals surface area contributed by atoms with Gasteiger partial charge in [0.2, 0.25) is 0 Å². The van der Waals surface area contributed by atoms with Crippen molar-refractivity contribution in [2.75, 3.05) is 6.61 Å². The van der Waals surface area contributed by atoms with E-state index in [0.717, 1.165) is 24.7 Å². The van der Waals surface area contributed by atoms with Gasteiger partial charge in [-0.3, -0.25) is 0 Å². The Bertz CT molecular complexity index is 441. The molecule has 1 aromatic rings. The highest BCUT2D eigenvalue weighted by atomic mass is 16.5. The monoisotopic (exact) mass is 289 g/mol. The van der Waals surface area contributed by atoms with E-state index in [1.165, 1.54) is 44.9 Å². The van der Waals surface area contributed by atoms with Gasteiger partial charge in [0.15, 0.2) is 5.82 Å². The van der Waals surface area contributed by atoms with Crippen molar-refractivity contribution in [1.82, 2.24) is 15.3 Å². The summed E-state index contributed by atoms with van der Waals surface area (Å²) < 4.78 is 6.02. The van der Waals surface area contributed by atoms with Gasteiger partial charge in [-0.25, -0.2) is 9.97 Å². The first-order valence-corrected chi connectivity index (χ1v) is 8.53. The lowest BCUT2D eigenvalue weighted by atomic mass is 9.85. The van der Waals surface area contributed by atoms with Crippen molar-refractivity contribution in [2.24, 2.45) is 5.92 Å². The fraction of sp³-hybridized carbons (Fsp3) is 0.765. The quantitative estimate of drug-likeness (QED) is 0.836. The molecule has 116 valence electrons. The number of nitrogens with zero attached hydrogens (tertiary/aromatic N) is 2. The molecule has 2 saturated carbocycles. The number of aromatic nitrogens is 2. The Kier molecular flexibility index (Phi) is 5.20. The first-order chi connectivity index (χ1) is 10.4. The Morgan fingerprint density at radius 1 is 1.24 bits per heavy atom. The highest BCUT2D eigenvalue weighted by molar-refractivity contribution is 5.06. The van der Waals surface area contributed by atoms with E-state index in [0.29, 0.717) is 12.0 Å². The summed E-state index contributed by atoms with van der Waals surface area (Å²) in [5.41, 5.74) is 1.09. The lowest BCUT2D eigenvalue weighted by Gasteiger charge is -2.29. The summed E-state index contributed by atoms with van der Waals surface area (Å²) in [7, 11) is 0. The number of nitrogens with one attached hydrogen (secondary N) is 1. The van der Waals surface area contributed by atoms with E-state index < -0.39 is 0 Å². The molecular formula is C17H27N3O. The molecule has 1 unspecified atom stereocenters. The first-order valence-electron chi connectivity index (χ1n) is 8.53. The molecule has 0 aromatic carbocycles. The number of hydrogen-bond acceptors (Lipinski definition) is 4. The summed E-state index contributed by atoms with van der Waals surface area (Å²) in [6.45, 7) is 3.65. The largest absolute Gasteiger partial charge is 0.370 e. The van der Waals surface area contributed by atoms with Crippen LogP contribution < -0.4 is 5.32 Å². The van der Waals surface area contributed by atoms with Crippen molar-refractivity contribution >= 4 is 0 Å². The van der Waals surface area contributed by atoms with Gasteiger partial charge in [-0.05, 0) is 44.6 Å². The second-order valence-corrected chi connectivity index (χ2v) is 6.34. The minimum absolute atomic E-state index is 0.0798. The van der Waals surface area contributed by atoms with Gasteiger partial charge in [-0.2, -0.15) is 0 Å². The lowest BCUT2D eigenvalue weighted by Crippen LogP contribution is -2.23. The molecule has 21 heavy (non-hydrogen) atoms. The number of ether oxygens (including phenoxy) is 1. The molecule has 4 nitrogen and oxygen atoms in total. The molecule has 4 heteroatoms. The standard InChI is InChI=1S/C17H27N3O/c1-2-21-16(13-6-4-3-5-7-13)17-18-11-10-15(20-17)12-19-14-8-9-14/h10-11,13-14,16,19H,2-9,12H2,1H3. The second-order valence-electron chi connectivity index (χ2n) is 6.34. The van der Waals surface area contributed by atoms with E-state index in [4.69, 9.17) is 9.72 Å². The predicted molar refractivity (Wildman–Crippen MR) is 82.8 cm³/mol. The van der Waals surface area contributed by atoms with Crippen molar-refractivity contribution < 1.29 is 4.74 Å². The highest BCUT2D eigenvalue weighted by Gasteiger charge is 2.28. The lowest BCUT2D eigenvalue weighted by molar-refractivity contribution is -0.000340. The SMILES string of the molecule is CCOC(c1nccc(CNC2CC2)n1)C1CCCCC1. The molecule has 0 bridgehead atoms. The van der Waals surface area contributed by atoms with Crippen LogP contribution >= 0.6 is 0 Å². The van der Waals surface area contributed by atoms with Crippen LogP contribution in [0.15, 0.2) is 12.3 Å². The molecule has 1 aromatic heterocycles. The third-order valence-corrected chi connectivity index (χ3v) is 4.56. The maximum atomic E-state index is 6.02. The zero-order chi connectivity index (χ0) is 14.5. The molecule has 1 atom stereocenters. The van der Waals surface area contributed by atoms with E-state index in [1.54, 1.807) is 0 Å². The molecular weight excluding hydrogens is 262 g/mol. The molecule has 2 aliphatic rings. The van der Waals surface area contributed by atoms with E-state index >= 15 is 0 Å². The Balaban J connectivity index is 1.69. The van der Waals surface area contributed by atoms with E-state index in [2.05, 4.69) is 17.2 Å². The van der Waals surface area contributed by atoms with Crippen molar-refractivity contribution in [3.8, 4) is 0 Å². The number of rotatable bonds is 7. The summed E-state index contributed by atoms with van der Waals surface area (Å²) in [4.78, 5) is 9.28. The van der Waals surface area contributed by atoms with Crippen molar-refractivity contribution in [3.05, 3.63) is 23.8 Å². The van der Waals surface area contributed by atoms with Crippen LogP contribution in [0.5, 0.6) is 0 Å². The van der Waals surface area contributed by atoms with Crippen LogP contribution in [0.25, 0.3) is 0 Å². The molecule has 0 amide bonds. The smallest absolute Gasteiger partial charge is 0.157 e. The van der Waals surface area contributed by atoms with Crippen LogP contribution in [0.4, 0.5) is 0 Å². The van der Waals surface area contributed by atoms with E-state index in [-0.39, 0.29) is 6.10 Å². The summed E-state index contributed by atoms with van der Waals surface area (Å²) in [6, 6.07) is 2.73. The molecule has 0 saturated heterocycles. The molecule has 3 rings (SSSR count). The number of hydrogen-bond donors (Lipinski definition) is 1. The fourth-order valence-corrected chi connectivity index (χ4v) is 3.22. The maximum absolute atomic E-state index is 6.02. The van der Waals surface area contributed by atoms with Gasteiger partial charge < -0.3 is 10.1 Å². The van der Waals surface area contributed by atoms with Gasteiger partial charge in [0.25, 0.3) is 0 Å². The van der Waals surface area contributed by atoms with Gasteiger partial charge in [0.1, 0.15) is 6.10 Å². The third-order valence-electron chi connectivity index (χ3n) is 4.56. The van der Waals surface area contributed by atoms with Gasteiger partial charge in [0.05, 0.1) is 5.69 Å². The Hall–Kier alpha value is -1.00. The van der Waals surface area contributed by atoms with Crippen LogP contribution in [0.3, 0.4) is 0 Å². The van der Waals surface area contributed by atoms with Crippen LogP contribution in [-0.4, -0.2) is 22.6 Å².